The molecule has 1 saturated carbocycles. The van der Waals surface area contributed by atoms with Crippen LogP contribution in [0.15, 0.2) is 0 Å². The van der Waals surface area contributed by atoms with E-state index in [4.69, 9.17) is 0 Å². The maximum atomic E-state index is 3.29. The zero-order valence-corrected chi connectivity index (χ0v) is 8.06. The molecular weight excluding hydrogens is 134 g/mol. The van der Waals surface area contributed by atoms with E-state index < -0.39 is 0 Å². The molecule has 0 aromatic carbocycles. The second-order valence-corrected chi connectivity index (χ2v) is 4.28. The summed E-state index contributed by atoms with van der Waals surface area (Å²) in [4.78, 5) is 0. The van der Waals surface area contributed by atoms with Crippen molar-refractivity contribution in [2.75, 3.05) is 13.6 Å². The molecule has 1 fully saturated rings. The Kier molecular flexibility index (Phi) is 3.38. The summed E-state index contributed by atoms with van der Waals surface area (Å²) in [5.41, 5.74) is 0. The third-order valence-electron chi connectivity index (χ3n) is 2.53. The van der Waals surface area contributed by atoms with Crippen LogP contribution in [-0.2, 0) is 0 Å². The van der Waals surface area contributed by atoms with Crippen LogP contribution in [0.5, 0.6) is 0 Å². The molecule has 66 valence electrons. The summed E-state index contributed by atoms with van der Waals surface area (Å²) >= 11 is 0. The molecule has 0 aromatic rings. The molecule has 0 heterocycles. The van der Waals surface area contributed by atoms with Crippen LogP contribution in [0, 0.1) is 17.8 Å². The predicted molar refractivity (Wildman–Crippen MR) is 49.6 cm³/mol. The van der Waals surface area contributed by atoms with Crippen molar-refractivity contribution in [2.45, 2.75) is 33.1 Å². The van der Waals surface area contributed by atoms with Gasteiger partial charge >= 0.3 is 0 Å². The normalized spacial score (nSPS) is 20.7. The zero-order valence-electron chi connectivity index (χ0n) is 8.06. The Hall–Kier alpha value is -0.0400. The second-order valence-electron chi connectivity index (χ2n) is 4.28. The van der Waals surface area contributed by atoms with Crippen LogP contribution in [0.2, 0.25) is 0 Å². The average molecular weight is 155 g/mol. The van der Waals surface area contributed by atoms with Crippen LogP contribution in [-0.4, -0.2) is 13.6 Å². The maximum Gasteiger partial charge on any atom is -0.00208 e. The van der Waals surface area contributed by atoms with Crippen molar-refractivity contribution in [2.24, 2.45) is 17.8 Å². The van der Waals surface area contributed by atoms with Crippen LogP contribution in [0.1, 0.15) is 33.1 Å². The lowest BCUT2D eigenvalue weighted by molar-refractivity contribution is 0.358. The fourth-order valence-corrected chi connectivity index (χ4v) is 1.88. The molecule has 0 saturated heterocycles. The van der Waals surface area contributed by atoms with E-state index >= 15 is 0 Å². The molecular formula is C10H21N. The smallest absolute Gasteiger partial charge is 0.00208 e. The van der Waals surface area contributed by atoms with Crippen molar-refractivity contribution >= 4 is 0 Å². The monoisotopic (exact) mass is 155 g/mol. The van der Waals surface area contributed by atoms with E-state index in [2.05, 4.69) is 26.2 Å². The van der Waals surface area contributed by atoms with Gasteiger partial charge in [-0.05, 0) is 50.6 Å². The Morgan fingerprint density at radius 1 is 1.36 bits per heavy atom. The van der Waals surface area contributed by atoms with Crippen molar-refractivity contribution in [1.82, 2.24) is 5.32 Å². The van der Waals surface area contributed by atoms with Crippen molar-refractivity contribution in [3.8, 4) is 0 Å². The van der Waals surface area contributed by atoms with E-state index in [9.17, 15) is 0 Å². The third-order valence-corrected chi connectivity index (χ3v) is 2.53. The van der Waals surface area contributed by atoms with Gasteiger partial charge in [0.15, 0.2) is 0 Å². The van der Waals surface area contributed by atoms with Gasteiger partial charge in [-0.15, -0.1) is 0 Å². The molecule has 0 bridgehead atoms. The Bertz CT molecular complexity index is 105. The zero-order chi connectivity index (χ0) is 8.27. The molecule has 0 aromatic heterocycles. The van der Waals surface area contributed by atoms with Crippen molar-refractivity contribution in [3.63, 3.8) is 0 Å². The van der Waals surface area contributed by atoms with E-state index in [-0.39, 0.29) is 0 Å². The van der Waals surface area contributed by atoms with E-state index in [1.807, 2.05) is 0 Å². The molecule has 0 spiro atoms. The first-order valence-corrected chi connectivity index (χ1v) is 4.88. The molecule has 0 aliphatic heterocycles. The lowest BCUT2D eigenvalue weighted by Crippen LogP contribution is -2.21. The van der Waals surface area contributed by atoms with Gasteiger partial charge in [0.2, 0.25) is 0 Å². The van der Waals surface area contributed by atoms with Gasteiger partial charge in [0, 0.05) is 0 Å². The van der Waals surface area contributed by atoms with Crippen LogP contribution >= 0.6 is 0 Å². The van der Waals surface area contributed by atoms with Gasteiger partial charge in [-0.25, -0.2) is 0 Å². The average Bonchev–Trinajstić information content (AvgIpc) is 2.66. The quantitative estimate of drug-likeness (QED) is 0.642. The lowest BCUT2D eigenvalue weighted by atomic mass is 9.93. The summed E-state index contributed by atoms with van der Waals surface area (Å²) < 4.78 is 0. The first-order chi connectivity index (χ1) is 5.24. The van der Waals surface area contributed by atoms with Gasteiger partial charge in [-0.2, -0.15) is 0 Å². The molecule has 1 aliphatic carbocycles. The molecule has 1 heteroatoms. The molecule has 11 heavy (non-hydrogen) atoms. The Balaban J connectivity index is 2.20. The summed E-state index contributed by atoms with van der Waals surface area (Å²) in [7, 11) is 2.07. The highest BCUT2D eigenvalue weighted by molar-refractivity contribution is 4.82. The Morgan fingerprint density at radius 3 is 2.36 bits per heavy atom. The molecule has 0 radical (unpaired) electrons. The minimum atomic E-state index is 0.869. The highest BCUT2D eigenvalue weighted by Gasteiger charge is 2.30. The minimum Gasteiger partial charge on any atom is -0.319 e. The standard InChI is InChI=1S/C10H21N/c1-8(2)6-10(7-11-3)9-4-5-9/h8-11H,4-7H2,1-3H3. The summed E-state index contributed by atoms with van der Waals surface area (Å²) in [5.74, 6) is 2.89. The van der Waals surface area contributed by atoms with Gasteiger partial charge in [0.25, 0.3) is 0 Å². The molecule has 1 N–H and O–H groups in total. The van der Waals surface area contributed by atoms with Crippen LogP contribution in [0.25, 0.3) is 0 Å². The van der Waals surface area contributed by atoms with Crippen LogP contribution in [0.3, 0.4) is 0 Å². The fourth-order valence-electron chi connectivity index (χ4n) is 1.88. The van der Waals surface area contributed by atoms with Gasteiger partial charge < -0.3 is 5.32 Å². The second kappa shape index (κ2) is 4.10. The van der Waals surface area contributed by atoms with E-state index in [1.54, 1.807) is 0 Å². The molecule has 1 rings (SSSR count). The molecule has 0 amide bonds. The topological polar surface area (TPSA) is 12.0 Å². The Labute approximate surface area is 70.6 Å². The Morgan fingerprint density at radius 2 is 2.00 bits per heavy atom. The minimum absolute atomic E-state index is 0.869. The van der Waals surface area contributed by atoms with Gasteiger partial charge in [0.1, 0.15) is 0 Å². The van der Waals surface area contributed by atoms with Crippen LogP contribution in [0.4, 0.5) is 0 Å². The van der Waals surface area contributed by atoms with Gasteiger partial charge in [-0.1, -0.05) is 13.8 Å². The predicted octanol–water partition coefficient (Wildman–Crippen LogP) is 2.28. The van der Waals surface area contributed by atoms with Gasteiger partial charge in [-0.3, -0.25) is 0 Å². The molecule has 1 atom stereocenters. The summed E-state index contributed by atoms with van der Waals surface area (Å²) in [6.07, 6.45) is 4.38. The van der Waals surface area contributed by atoms with E-state index in [0.29, 0.717) is 0 Å². The van der Waals surface area contributed by atoms with E-state index in [0.717, 1.165) is 17.8 Å². The number of hydrogen-bond donors (Lipinski definition) is 1. The first kappa shape index (κ1) is 9.05. The maximum absolute atomic E-state index is 3.29. The largest absolute Gasteiger partial charge is 0.319 e. The third kappa shape index (κ3) is 3.24. The van der Waals surface area contributed by atoms with Crippen LogP contribution < -0.4 is 5.32 Å². The summed E-state index contributed by atoms with van der Waals surface area (Å²) in [6.45, 7) is 5.87. The first-order valence-electron chi connectivity index (χ1n) is 4.88. The van der Waals surface area contributed by atoms with E-state index in [1.165, 1.54) is 25.8 Å². The molecule has 1 unspecified atom stereocenters. The molecule has 1 nitrogen and oxygen atoms in total. The van der Waals surface area contributed by atoms with Crippen molar-refractivity contribution in [3.05, 3.63) is 0 Å². The number of nitrogens with one attached hydrogen (secondary N) is 1. The highest BCUT2D eigenvalue weighted by Crippen LogP contribution is 2.39. The fraction of sp³-hybridized carbons (Fsp3) is 1.00. The summed E-state index contributed by atoms with van der Waals surface area (Å²) in [5, 5.41) is 3.29. The number of rotatable bonds is 5. The highest BCUT2D eigenvalue weighted by atomic mass is 14.8. The van der Waals surface area contributed by atoms with Crippen molar-refractivity contribution < 1.29 is 0 Å². The van der Waals surface area contributed by atoms with Crippen molar-refractivity contribution in [1.29, 1.82) is 0 Å². The molecule has 1 aliphatic rings. The van der Waals surface area contributed by atoms with Gasteiger partial charge in [0.05, 0.1) is 0 Å². The summed E-state index contributed by atoms with van der Waals surface area (Å²) in [6, 6.07) is 0. The SMILES string of the molecule is CNCC(CC(C)C)C1CC1. The number of hydrogen-bond acceptors (Lipinski definition) is 1. The lowest BCUT2D eigenvalue weighted by Gasteiger charge is -2.17.